The van der Waals surface area contributed by atoms with Crippen LogP contribution in [0.1, 0.15) is 44.0 Å². The Morgan fingerprint density at radius 1 is 1.23 bits per heavy atom. The molecule has 3 rings (SSSR count). The molecule has 1 aromatic carbocycles. The van der Waals surface area contributed by atoms with Gasteiger partial charge < -0.3 is 10.1 Å². The first-order valence-corrected chi connectivity index (χ1v) is 9.08. The van der Waals surface area contributed by atoms with Gasteiger partial charge in [-0.05, 0) is 31.9 Å². The number of hydrogen-bond donors (Lipinski definition) is 1. The molecule has 1 saturated carbocycles. The maximum Gasteiger partial charge on any atom is 0.127 e. The van der Waals surface area contributed by atoms with Crippen molar-refractivity contribution in [2.45, 2.75) is 51.6 Å². The molecule has 1 heterocycles. The van der Waals surface area contributed by atoms with Crippen LogP contribution in [0.4, 0.5) is 0 Å². The van der Waals surface area contributed by atoms with E-state index in [0.29, 0.717) is 12.6 Å². The third-order valence-electron chi connectivity index (χ3n) is 4.15. The van der Waals surface area contributed by atoms with Crippen molar-refractivity contribution in [1.29, 1.82) is 0 Å². The van der Waals surface area contributed by atoms with E-state index in [4.69, 9.17) is 4.74 Å². The Morgan fingerprint density at radius 2 is 2.05 bits per heavy atom. The number of aromatic nitrogens is 1. The molecule has 1 aliphatic carbocycles. The first kappa shape index (κ1) is 15.5. The largest absolute Gasteiger partial charge is 0.493 e. The lowest BCUT2D eigenvalue weighted by Crippen LogP contribution is -2.30. The van der Waals surface area contributed by atoms with Crippen LogP contribution in [-0.2, 0) is 6.54 Å². The van der Waals surface area contributed by atoms with Crippen LogP contribution in [0.3, 0.4) is 0 Å². The van der Waals surface area contributed by atoms with Crippen molar-refractivity contribution < 1.29 is 4.74 Å². The molecular weight excluding hydrogens is 292 g/mol. The molecule has 0 unspecified atom stereocenters. The third kappa shape index (κ3) is 3.87. The van der Waals surface area contributed by atoms with E-state index in [2.05, 4.69) is 22.4 Å². The number of rotatable bonds is 6. The molecule has 1 aromatic heterocycles. The van der Waals surface area contributed by atoms with E-state index < -0.39 is 0 Å². The van der Waals surface area contributed by atoms with Crippen LogP contribution in [0.5, 0.6) is 5.75 Å². The van der Waals surface area contributed by atoms with Gasteiger partial charge in [0.05, 0.1) is 11.5 Å². The van der Waals surface area contributed by atoms with Crippen molar-refractivity contribution in [2.24, 2.45) is 0 Å². The highest BCUT2D eigenvalue weighted by molar-refractivity contribution is 7.15. The summed E-state index contributed by atoms with van der Waals surface area (Å²) in [4.78, 5) is 5.76. The molecule has 0 bridgehead atoms. The van der Waals surface area contributed by atoms with Gasteiger partial charge >= 0.3 is 0 Å². The summed E-state index contributed by atoms with van der Waals surface area (Å²) < 4.78 is 5.72. The SMILES string of the molecule is CCOc1ccccc1-c1cnc(CNC2CCCCC2)s1. The third-order valence-corrected chi connectivity index (χ3v) is 5.18. The van der Waals surface area contributed by atoms with Crippen molar-refractivity contribution in [3.05, 3.63) is 35.5 Å². The number of thiazole rings is 1. The maximum atomic E-state index is 5.72. The van der Waals surface area contributed by atoms with Gasteiger partial charge in [0, 0.05) is 24.3 Å². The second-order valence-corrected chi connectivity index (χ2v) is 6.88. The van der Waals surface area contributed by atoms with E-state index in [0.717, 1.165) is 22.9 Å². The van der Waals surface area contributed by atoms with Crippen LogP contribution in [0.2, 0.25) is 0 Å². The predicted molar refractivity (Wildman–Crippen MR) is 92.4 cm³/mol. The van der Waals surface area contributed by atoms with Crippen LogP contribution in [0.25, 0.3) is 10.4 Å². The Bertz CT molecular complexity index is 590. The summed E-state index contributed by atoms with van der Waals surface area (Å²) in [5, 5.41) is 4.82. The molecule has 4 heteroatoms. The lowest BCUT2D eigenvalue weighted by atomic mass is 9.96. The van der Waals surface area contributed by atoms with Gasteiger partial charge in [0.25, 0.3) is 0 Å². The molecule has 3 nitrogen and oxygen atoms in total. The molecular formula is C18H24N2OS. The van der Waals surface area contributed by atoms with E-state index >= 15 is 0 Å². The van der Waals surface area contributed by atoms with Gasteiger partial charge in [-0.15, -0.1) is 11.3 Å². The lowest BCUT2D eigenvalue weighted by Gasteiger charge is -2.22. The number of nitrogens with one attached hydrogen (secondary N) is 1. The van der Waals surface area contributed by atoms with Crippen molar-refractivity contribution in [1.82, 2.24) is 10.3 Å². The summed E-state index contributed by atoms with van der Waals surface area (Å²) in [6.07, 6.45) is 8.72. The first-order chi connectivity index (χ1) is 10.9. The van der Waals surface area contributed by atoms with Crippen LogP contribution in [0, 0.1) is 0 Å². The summed E-state index contributed by atoms with van der Waals surface area (Å²) in [6.45, 7) is 3.58. The fourth-order valence-corrected chi connectivity index (χ4v) is 3.91. The summed E-state index contributed by atoms with van der Waals surface area (Å²) >= 11 is 1.76. The number of nitrogens with zero attached hydrogens (tertiary/aromatic N) is 1. The summed E-state index contributed by atoms with van der Waals surface area (Å²) in [7, 11) is 0. The van der Waals surface area contributed by atoms with Gasteiger partial charge in [0.2, 0.25) is 0 Å². The molecule has 118 valence electrons. The molecule has 2 aromatic rings. The highest BCUT2D eigenvalue weighted by Gasteiger charge is 2.14. The van der Waals surface area contributed by atoms with Crippen LogP contribution in [0.15, 0.2) is 30.5 Å². The lowest BCUT2D eigenvalue weighted by molar-refractivity contribution is 0.341. The summed E-state index contributed by atoms with van der Waals surface area (Å²) in [6, 6.07) is 8.88. The minimum Gasteiger partial charge on any atom is -0.493 e. The summed E-state index contributed by atoms with van der Waals surface area (Å²) in [5.41, 5.74) is 1.14. The van der Waals surface area contributed by atoms with Crippen molar-refractivity contribution in [3.63, 3.8) is 0 Å². The van der Waals surface area contributed by atoms with Crippen LogP contribution in [-0.4, -0.2) is 17.6 Å². The Morgan fingerprint density at radius 3 is 2.86 bits per heavy atom. The van der Waals surface area contributed by atoms with Crippen LogP contribution < -0.4 is 10.1 Å². The highest BCUT2D eigenvalue weighted by Crippen LogP contribution is 2.33. The van der Waals surface area contributed by atoms with E-state index in [1.165, 1.54) is 37.0 Å². The predicted octanol–water partition coefficient (Wildman–Crippen LogP) is 4.63. The number of ether oxygens (including phenoxy) is 1. The highest BCUT2D eigenvalue weighted by atomic mass is 32.1. The van der Waals surface area contributed by atoms with Gasteiger partial charge in [-0.1, -0.05) is 31.4 Å². The van der Waals surface area contributed by atoms with E-state index in [9.17, 15) is 0 Å². The van der Waals surface area contributed by atoms with Gasteiger partial charge in [-0.3, -0.25) is 0 Å². The monoisotopic (exact) mass is 316 g/mol. The minimum absolute atomic E-state index is 0.678. The second-order valence-electron chi connectivity index (χ2n) is 5.76. The molecule has 0 saturated heterocycles. The fourth-order valence-electron chi connectivity index (χ4n) is 3.01. The second kappa shape index (κ2) is 7.75. The van der Waals surface area contributed by atoms with Crippen molar-refractivity contribution in [3.8, 4) is 16.2 Å². The standard InChI is InChI=1S/C18H24N2OS/c1-2-21-16-11-7-6-10-15(16)17-12-20-18(22-17)13-19-14-8-4-3-5-9-14/h6-7,10-12,14,19H,2-5,8-9,13H2,1H3. The molecule has 0 radical (unpaired) electrons. The van der Waals surface area contributed by atoms with Crippen molar-refractivity contribution in [2.75, 3.05) is 6.61 Å². The molecule has 22 heavy (non-hydrogen) atoms. The Hall–Kier alpha value is -1.39. The average molecular weight is 316 g/mol. The Labute approximate surface area is 136 Å². The van der Waals surface area contributed by atoms with Crippen molar-refractivity contribution >= 4 is 11.3 Å². The average Bonchev–Trinajstić information content (AvgIpc) is 3.04. The number of benzene rings is 1. The molecule has 1 aliphatic rings. The number of hydrogen-bond acceptors (Lipinski definition) is 4. The smallest absolute Gasteiger partial charge is 0.127 e. The fraction of sp³-hybridized carbons (Fsp3) is 0.500. The summed E-state index contributed by atoms with van der Waals surface area (Å²) in [5.74, 6) is 0.945. The molecule has 1 N–H and O–H groups in total. The topological polar surface area (TPSA) is 34.1 Å². The molecule has 0 aliphatic heterocycles. The Kier molecular flexibility index (Phi) is 5.46. The molecule has 0 spiro atoms. The van der Waals surface area contributed by atoms with Gasteiger partial charge in [-0.2, -0.15) is 0 Å². The minimum atomic E-state index is 0.678. The van der Waals surface area contributed by atoms with E-state index in [1.807, 2.05) is 25.3 Å². The zero-order valence-electron chi connectivity index (χ0n) is 13.2. The normalized spacial score (nSPS) is 15.9. The first-order valence-electron chi connectivity index (χ1n) is 8.27. The van der Waals surface area contributed by atoms with Crippen LogP contribution >= 0.6 is 11.3 Å². The zero-order chi connectivity index (χ0) is 15.2. The molecule has 1 fully saturated rings. The quantitative estimate of drug-likeness (QED) is 0.843. The zero-order valence-corrected chi connectivity index (χ0v) is 14.0. The molecule has 0 amide bonds. The van der Waals surface area contributed by atoms with Gasteiger partial charge in [0.1, 0.15) is 10.8 Å². The number of para-hydroxylation sites is 1. The van der Waals surface area contributed by atoms with Gasteiger partial charge in [0.15, 0.2) is 0 Å². The Balaban J connectivity index is 1.65. The molecule has 0 atom stereocenters. The maximum absolute atomic E-state index is 5.72. The van der Waals surface area contributed by atoms with Gasteiger partial charge in [-0.25, -0.2) is 4.98 Å². The van der Waals surface area contributed by atoms with E-state index in [1.54, 1.807) is 11.3 Å². The van der Waals surface area contributed by atoms with E-state index in [-0.39, 0.29) is 0 Å².